The summed E-state index contributed by atoms with van der Waals surface area (Å²) in [4.78, 5) is 0. The maximum atomic E-state index is 3.57. The molecule has 0 saturated heterocycles. The van der Waals surface area contributed by atoms with Crippen LogP contribution in [0.5, 0.6) is 0 Å². The van der Waals surface area contributed by atoms with Gasteiger partial charge in [-0.15, -0.1) is 0 Å². The molecule has 0 aliphatic rings. The van der Waals surface area contributed by atoms with Crippen LogP contribution in [0.15, 0.2) is 48.5 Å². The minimum absolute atomic E-state index is 1.19. The van der Waals surface area contributed by atoms with E-state index in [4.69, 9.17) is 0 Å². The Kier molecular flexibility index (Phi) is 5.11. The van der Waals surface area contributed by atoms with Gasteiger partial charge in [-0.05, 0) is 52.1 Å². The molecule has 0 unspecified atom stereocenters. The Morgan fingerprint density at radius 2 is 1.55 bits per heavy atom. The van der Waals surface area contributed by atoms with Crippen molar-refractivity contribution in [2.45, 2.75) is 51.9 Å². The van der Waals surface area contributed by atoms with Crippen molar-refractivity contribution in [3.8, 4) is 0 Å². The van der Waals surface area contributed by atoms with Crippen LogP contribution in [0.1, 0.15) is 51.0 Å². The van der Waals surface area contributed by atoms with Crippen LogP contribution in [0.4, 0.5) is 0 Å². The molecule has 0 amide bonds. The van der Waals surface area contributed by atoms with Crippen molar-refractivity contribution >= 4 is 21.5 Å². The van der Waals surface area contributed by atoms with Crippen LogP contribution in [0, 0.1) is 6.07 Å². The number of fused-ring (bicyclic) bond motifs is 2. The highest BCUT2D eigenvalue weighted by molar-refractivity contribution is 5.98. The Labute approximate surface area is 134 Å². The quantitative estimate of drug-likeness (QED) is 0.335. The van der Waals surface area contributed by atoms with E-state index < -0.39 is 0 Å². The zero-order valence-electron chi connectivity index (χ0n) is 13.6. The van der Waals surface area contributed by atoms with Crippen LogP contribution in [-0.4, -0.2) is 0 Å². The van der Waals surface area contributed by atoms with Crippen LogP contribution >= 0.6 is 0 Å². The molecule has 3 aromatic carbocycles. The summed E-state index contributed by atoms with van der Waals surface area (Å²) < 4.78 is 0. The maximum Gasteiger partial charge on any atom is -0.00142 e. The van der Waals surface area contributed by atoms with Gasteiger partial charge in [-0.2, -0.15) is 0 Å². The molecule has 3 rings (SSSR count). The first-order valence-corrected chi connectivity index (χ1v) is 8.71. The van der Waals surface area contributed by atoms with E-state index in [1.54, 1.807) is 0 Å². The van der Waals surface area contributed by atoms with Gasteiger partial charge >= 0.3 is 0 Å². The SMILES string of the molecule is CCCCCCCCc1cccc2[c]c3ccccc3cc12. The van der Waals surface area contributed by atoms with Crippen molar-refractivity contribution in [2.24, 2.45) is 0 Å². The third-order valence-electron chi connectivity index (χ3n) is 4.53. The van der Waals surface area contributed by atoms with Gasteiger partial charge in [-0.25, -0.2) is 0 Å². The molecule has 0 aliphatic carbocycles. The molecule has 0 aliphatic heterocycles. The highest BCUT2D eigenvalue weighted by atomic mass is 14.1. The highest BCUT2D eigenvalue weighted by Gasteiger charge is 2.03. The Morgan fingerprint density at radius 1 is 0.773 bits per heavy atom. The van der Waals surface area contributed by atoms with Crippen molar-refractivity contribution in [1.29, 1.82) is 0 Å². The van der Waals surface area contributed by atoms with Gasteiger partial charge in [-0.3, -0.25) is 0 Å². The molecular weight excluding hydrogens is 264 g/mol. The van der Waals surface area contributed by atoms with Gasteiger partial charge in [0.25, 0.3) is 0 Å². The summed E-state index contributed by atoms with van der Waals surface area (Å²) in [6.45, 7) is 2.27. The van der Waals surface area contributed by atoms with E-state index in [-0.39, 0.29) is 0 Å². The monoisotopic (exact) mass is 289 g/mol. The standard InChI is InChI=1S/C22H25/c1-2-3-4-5-6-7-11-18-14-10-15-21-16-19-12-8-9-13-20(19)17-22(18)21/h8-10,12-15,17H,2-7,11H2,1H3. The first kappa shape index (κ1) is 15.1. The Morgan fingerprint density at radius 3 is 2.45 bits per heavy atom. The normalized spacial score (nSPS) is 11.3. The van der Waals surface area contributed by atoms with Crippen molar-refractivity contribution in [2.75, 3.05) is 0 Å². The molecule has 3 aromatic rings. The van der Waals surface area contributed by atoms with Crippen molar-refractivity contribution < 1.29 is 0 Å². The Hall–Kier alpha value is -1.82. The van der Waals surface area contributed by atoms with Gasteiger partial charge in [0.2, 0.25) is 0 Å². The molecule has 0 heteroatoms. The van der Waals surface area contributed by atoms with E-state index in [1.807, 2.05) is 0 Å². The zero-order valence-corrected chi connectivity index (χ0v) is 13.6. The fourth-order valence-electron chi connectivity index (χ4n) is 3.24. The van der Waals surface area contributed by atoms with Gasteiger partial charge in [0.1, 0.15) is 0 Å². The minimum Gasteiger partial charge on any atom is -0.0654 e. The van der Waals surface area contributed by atoms with Crippen molar-refractivity contribution in [1.82, 2.24) is 0 Å². The smallest absolute Gasteiger partial charge is 0.00142 e. The second-order valence-electron chi connectivity index (χ2n) is 6.25. The van der Waals surface area contributed by atoms with E-state index in [9.17, 15) is 0 Å². The summed E-state index contributed by atoms with van der Waals surface area (Å²) in [5, 5.41) is 5.15. The van der Waals surface area contributed by atoms with Crippen LogP contribution in [0.25, 0.3) is 21.5 Å². The summed E-state index contributed by atoms with van der Waals surface area (Å²) in [5.41, 5.74) is 1.48. The van der Waals surface area contributed by atoms with E-state index in [1.165, 1.54) is 72.1 Å². The molecule has 0 bridgehead atoms. The van der Waals surface area contributed by atoms with E-state index in [2.05, 4.69) is 61.5 Å². The number of unbranched alkanes of at least 4 members (excludes halogenated alkanes) is 5. The predicted octanol–water partition coefficient (Wildman–Crippen LogP) is 6.70. The second kappa shape index (κ2) is 7.45. The number of hydrogen-bond acceptors (Lipinski definition) is 0. The average Bonchev–Trinajstić information content (AvgIpc) is 2.56. The topological polar surface area (TPSA) is 0 Å². The number of hydrogen-bond donors (Lipinski definition) is 0. The lowest BCUT2D eigenvalue weighted by Gasteiger charge is -2.08. The molecule has 0 atom stereocenters. The zero-order chi connectivity index (χ0) is 15.2. The van der Waals surface area contributed by atoms with Gasteiger partial charge in [0.15, 0.2) is 0 Å². The molecule has 1 radical (unpaired) electrons. The Balaban J connectivity index is 1.76. The Bertz CT molecular complexity index is 739. The van der Waals surface area contributed by atoms with Crippen LogP contribution in [0.2, 0.25) is 0 Å². The summed E-state index contributed by atoms with van der Waals surface area (Å²) in [7, 11) is 0. The fourth-order valence-corrected chi connectivity index (χ4v) is 3.24. The van der Waals surface area contributed by atoms with Crippen molar-refractivity contribution in [3.05, 3.63) is 60.2 Å². The van der Waals surface area contributed by atoms with E-state index in [0.29, 0.717) is 0 Å². The van der Waals surface area contributed by atoms with Crippen LogP contribution < -0.4 is 0 Å². The molecule has 0 aromatic heterocycles. The molecule has 113 valence electrons. The van der Waals surface area contributed by atoms with E-state index in [0.717, 1.165) is 0 Å². The fraction of sp³-hybridized carbons (Fsp3) is 0.364. The van der Waals surface area contributed by atoms with E-state index >= 15 is 0 Å². The summed E-state index contributed by atoms with van der Waals surface area (Å²) in [6.07, 6.45) is 9.33. The highest BCUT2D eigenvalue weighted by Crippen LogP contribution is 2.26. The minimum atomic E-state index is 1.19. The molecular formula is C22H25. The molecule has 0 heterocycles. The summed E-state index contributed by atoms with van der Waals surface area (Å²) in [5.74, 6) is 0. The lowest BCUT2D eigenvalue weighted by Crippen LogP contribution is -1.89. The number of benzene rings is 3. The van der Waals surface area contributed by atoms with Crippen molar-refractivity contribution in [3.63, 3.8) is 0 Å². The summed E-state index contributed by atoms with van der Waals surface area (Å²) >= 11 is 0. The molecule has 0 nitrogen and oxygen atoms in total. The molecule has 0 saturated carbocycles. The summed E-state index contributed by atoms with van der Waals surface area (Å²) in [6, 6.07) is 21.1. The molecule has 0 spiro atoms. The maximum absolute atomic E-state index is 3.57. The van der Waals surface area contributed by atoms with Gasteiger partial charge in [0.05, 0.1) is 0 Å². The lowest BCUT2D eigenvalue weighted by molar-refractivity contribution is 0.608. The third kappa shape index (κ3) is 3.50. The van der Waals surface area contributed by atoms with Crippen LogP contribution in [-0.2, 0) is 6.42 Å². The molecule has 22 heavy (non-hydrogen) atoms. The largest absolute Gasteiger partial charge is 0.0654 e. The van der Waals surface area contributed by atoms with Crippen LogP contribution in [0.3, 0.4) is 0 Å². The number of rotatable bonds is 7. The number of aryl methyl sites for hydroxylation is 1. The average molecular weight is 289 g/mol. The first-order valence-electron chi connectivity index (χ1n) is 8.71. The third-order valence-corrected chi connectivity index (χ3v) is 4.53. The molecule has 0 fully saturated rings. The molecule has 0 N–H and O–H groups in total. The van der Waals surface area contributed by atoms with Gasteiger partial charge in [0, 0.05) is 0 Å². The van der Waals surface area contributed by atoms with Gasteiger partial charge in [-0.1, -0.05) is 81.5 Å². The first-order chi connectivity index (χ1) is 10.9. The lowest BCUT2D eigenvalue weighted by atomic mass is 9.96. The predicted molar refractivity (Wildman–Crippen MR) is 97.4 cm³/mol. The second-order valence-corrected chi connectivity index (χ2v) is 6.25. The van der Waals surface area contributed by atoms with Gasteiger partial charge < -0.3 is 0 Å².